The maximum atomic E-state index is 12.7. The van der Waals surface area contributed by atoms with E-state index < -0.39 is 6.04 Å². The molecule has 2 aromatic rings. The van der Waals surface area contributed by atoms with Crippen LogP contribution in [0.25, 0.3) is 0 Å². The first-order valence-electron chi connectivity index (χ1n) is 8.31. The number of hydrogen-bond donors (Lipinski definition) is 2. The van der Waals surface area contributed by atoms with Crippen molar-refractivity contribution in [1.82, 2.24) is 15.8 Å². The van der Waals surface area contributed by atoms with Crippen molar-refractivity contribution in [3.63, 3.8) is 0 Å². The molecule has 7 nitrogen and oxygen atoms in total. The Morgan fingerprint density at radius 3 is 2.68 bits per heavy atom. The minimum atomic E-state index is -0.528. The minimum Gasteiger partial charge on any atom is -0.361 e. The number of para-hydroxylation sites is 1. The summed E-state index contributed by atoms with van der Waals surface area (Å²) in [5.74, 6) is 0.588. The van der Waals surface area contributed by atoms with Crippen molar-refractivity contribution in [2.45, 2.75) is 45.8 Å². The Kier molecular flexibility index (Phi) is 4.74. The number of carbonyl (C=O) groups is 2. The molecule has 2 unspecified atom stereocenters. The van der Waals surface area contributed by atoms with E-state index in [-0.39, 0.29) is 18.0 Å². The number of anilines is 1. The first-order valence-corrected chi connectivity index (χ1v) is 8.31. The van der Waals surface area contributed by atoms with E-state index in [1.54, 1.807) is 11.8 Å². The van der Waals surface area contributed by atoms with E-state index in [2.05, 4.69) is 15.8 Å². The van der Waals surface area contributed by atoms with Crippen LogP contribution in [0, 0.1) is 13.8 Å². The zero-order valence-electron chi connectivity index (χ0n) is 14.6. The molecule has 25 heavy (non-hydrogen) atoms. The maximum absolute atomic E-state index is 12.7. The van der Waals surface area contributed by atoms with Crippen LogP contribution in [0.3, 0.4) is 0 Å². The first-order chi connectivity index (χ1) is 12.0. The lowest BCUT2D eigenvalue weighted by molar-refractivity contribution is -0.118. The summed E-state index contributed by atoms with van der Waals surface area (Å²) in [6.07, 6.45) is 0.576. The number of aromatic nitrogens is 1. The van der Waals surface area contributed by atoms with Gasteiger partial charge >= 0.3 is 6.03 Å². The Bertz CT molecular complexity index is 752. The highest BCUT2D eigenvalue weighted by Crippen LogP contribution is 2.26. The molecule has 0 spiro atoms. The number of aryl methyl sites for hydroxylation is 2. The van der Waals surface area contributed by atoms with E-state index in [4.69, 9.17) is 4.52 Å². The molecule has 7 heteroatoms. The number of carbonyl (C=O) groups excluding carboxylic acids is 2. The maximum Gasteiger partial charge on any atom is 0.315 e. The van der Waals surface area contributed by atoms with Gasteiger partial charge in [-0.3, -0.25) is 4.79 Å². The molecule has 1 aliphatic heterocycles. The standard InChI is InChI=1S/C18H22N4O3/c1-11-9-16(17(23)22(11)14-7-5-4-6-8-14)20-18(24)19-10-15-12(2)21-25-13(15)3/h4-8,11,16H,9-10H2,1-3H3,(H2,19,20,24). The highest BCUT2D eigenvalue weighted by atomic mass is 16.5. The molecule has 1 saturated heterocycles. The van der Waals surface area contributed by atoms with Gasteiger partial charge in [-0.15, -0.1) is 0 Å². The van der Waals surface area contributed by atoms with Crippen LogP contribution < -0.4 is 15.5 Å². The van der Waals surface area contributed by atoms with Crippen LogP contribution in [0.15, 0.2) is 34.9 Å². The lowest BCUT2D eigenvalue weighted by Gasteiger charge is -2.21. The first kappa shape index (κ1) is 17.0. The van der Waals surface area contributed by atoms with Crippen molar-refractivity contribution >= 4 is 17.6 Å². The summed E-state index contributed by atoms with van der Waals surface area (Å²) in [6, 6.07) is 8.62. The summed E-state index contributed by atoms with van der Waals surface area (Å²) in [6.45, 7) is 5.92. The third-order valence-corrected chi connectivity index (χ3v) is 4.50. The van der Waals surface area contributed by atoms with Gasteiger partial charge in [0, 0.05) is 23.8 Å². The SMILES string of the molecule is Cc1noc(C)c1CNC(=O)NC1CC(C)N(c2ccccc2)C1=O. The van der Waals surface area contributed by atoms with E-state index in [9.17, 15) is 9.59 Å². The molecule has 1 aromatic heterocycles. The van der Waals surface area contributed by atoms with Crippen LogP contribution in [0.2, 0.25) is 0 Å². The number of hydrogen-bond acceptors (Lipinski definition) is 4. The molecule has 0 bridgehead atoms. The van der Waals surface area contributed by atoms with Gasteiger partial charge in [0.2, 0.25) is 5.91 Å². The van der Waals surface area contributed by atoms with Gasteiger partial charge in [0.15, 0.2) is 0 Å². The Morgan fingerprint density at radius 1 is 1.32 bits per heavy atom. The van der Waals surface area contributed by atoms with Gasteiger partial charge in [0.1, 0.15) is 11.8 Å². The smallest absolute Gasteiger partial charge is 0.315 e. The van der Waals surface area contributed by atoms with Crippen LogP contribution in [-0.4, -0.2) is 29.2 Å². The molecule has 1 aromatic carbocycles. The van der Waals surface area contributed by atoms with Gasteiger partial charge in [0.25, 0.3) is 0 Å². The highest BCUT2D eigenvalue weighted by Gasteiger charge is 2.38. The Balaban J connectivity index is 1.60. The fourth-order valence-corrected chi connectivity index (χ4v) is 3.16. The Morgan fingerprint density at radius 2 is 2.04 bits per heavy atom. The van der Waals surface area contributed by atoms with Crippen LogP contribution >= 0.6 is 0 Å². The monoisotopic (exact) mass is 342 g/mol. The van der Waals surface area contributed by atoms with Gasteiger partial charge in [0.05, 0.1) is 5.69 Å². The minimum absolute atomic E-state index is 0.0303. The van der Waals surface area contributed by atoms with Crippen molar-refractivity contribution in [3.05, 3.63) is 47.3 Å². The number of nitrogens with zero attached hydrogens (tertiary/aromatic N) is 2. The van der Waals surface area contributed by atoms with Gasteiger partial charge in [-0.1, -0.05) is 23.4 Å². The summed E-state index contributed by atoms with van der Waals surface area (Å²) in [4.78, 5) is 26.6. The highest BCUT2D eigenvalue weighted by molar-refractivity contribution is 6.01. The number of benzene rings is 1. The second-order valence-electron chi connectivity index (χ2n) is 6.31. The van der Waals surface area contributed by atoms with Crippen LogP contribution in [-0.2, 0) is 11.3 Å². The topological polar surface area (TPSA) is 87.5 Å². The Labute approximate surface area is 146 Å². The molecule has 132 valence electrons. The van der Waals surface area contributed by atoms with E-state index in [1.165, 1.54) is 0 Å². The molecule has 0 radical (unpaired) electrons. The molecule has 2 N–H and O–H groups in total. The van der Waals surface area contributed by atoms with E-state index >= 15 is 0 Å². The summed E-state index contributed by atoms with van der Waals surface area (Å²) < 4.78 is 5.07. The van der Waals surface area contributed by atoms with Crippen molar-refractivity contribution in [1.29, 1.82) is 0 Å². The quantitative estimate of drug-likeness (QED) is 0.892. The molecule has 0 saturated carbocycles. The van der Waals surface area contributed by atoms with Crippen molar-refractivity contribution in [2.75, 3.05) is 4.90 Å². The third kappa shape index (κ3) is 3.50. The van der Waals surface area contributed by atoms with E-state index in [0.717, 1.165) is 16.9 Å². The molecular formula is C18H22N4O3. The number of nitrogens with one attached hydrogen (secondary N) is 2. The molecule has 1 fully saturated rings. The van der Waals surface area contributed by atoms with E-state index in [1.807, 2.05) is 44.2 Å². The second kappa shape index (κ2) is 6.96. The van der Waals surface area contributed by atoms with Crippen molar-refractivity contribution in [2.24, 2.45) is 0 Å². The summed E-state index contributed by atoms with van der Waals surface area (Å²) in [7, 11) is 0. The molecule has 1 aliphatic rings. The predicted molar refractivity (Wildman–Crippen MR) is 93.1 cm³/mol. The molecule has 3 amide bonds. The molecule has 0 aliphatic carbocycles. The number of rotatable bonds is 4. The lowest BCUT2D eigenvalue weighted by atomic mass is 10.2. The molecule has 2 atom stereocenters. The molecular weight excluding hydrogens is 320 g/mol. The average molecular weight is 342 g/mol. The number of amides is 3. The molecule has 3 rings (SSSR count). The van der Waals surface area contributed by atoms with Crippen LogP contribution in [0.1, 0.15) is 30.4 Å². The second-order valence-corrected chi connectivity index (χ2v) is 6.31. The van der Waals surface area contributed by atoms with Crippen molar-refractivity contribution < 1.29 is 14.1 Å². The normalized spacial score (nSPS) is 20.0. The van der Waals surface area contributed by atoms with Crippen LogP contribution in [0.5, 0.6) is 0 Å². The fourth-order valence-electron chi connectivity index (χ4n) is 3.16. The lowest BCUT2D eigenvalue weighted by Crippen LogP contribution is -2.46. The summed E-state index contributed by atoms with van der Waals surface area (Å²) in [5, 5.41) is 9.39. The van der Waals surface area contributed by atoms with Crippen molar-refractivity contribution in [3.8, 4) is 0 Å². The Hall–Kier alpha value is -2.83. The van der Waals surface area contributed by atoms with E-state index in [0.29, 0.717) is 18.7 Å². The fraction of sp³-hybridized carbons (Fsp3) is 0.389. The van der Waals surface area contributed by atoms with Gasteiger partial charge in [-0.05, 0) is 39.3 Å². The van der Waals surface area contributed by atoms with Gasteiger partial charge < -0.3 is 20.1 Å². The van der Waals surface area contributed by atoms with Gasteiger partial charge in [-0.2, -0.15) is 0 Å². The largest absolute Gasteiger partial charge is 0.361 e. The average Bonchev–Trinajstić information content (AvgIpc) is 3.05. The summed E-state index contributed by atoms with van der Waals surface area (Å²) in [5.41, 5.74) is 2.45. The third-order valence-electron chi connectivity index (χ3n) is 4.50. The molecule has 2 heterocycles. The van der Waals surface area contributed by atoms with Crippen LogP contribution in [0.4, 0.5) is 10.5 Å². The predicted octanol–water partition coefficient (Wildman–Crippen LogP) is 2.28. The zero-order valence-corrected chi connectivity index (χ0v) is 14.6. The zero-order chi connectivity index (χ0) is 18.0. The summed E-state index contributed by atoms with van der Waals surface area (Å²) >= 11 is 0. The van der Waals surface area contributed by atoms with Gasteiger partial charge in [-0.25, -0.2) is 4.79 Å². The number of urea groups is 1.